The number of aliphatic hydroxyl groups is 1. The van der Waals surface area contributed by atoms with Gasteiger partial charge in [0.2, 0.25) is 0 Å². The maximum atomic E-state index is 12.1. The minimum Gasteiger partial charge on any atom is -0.507 e. The van der Waals surface area contributed by atoms with Crippen LogP contribution in [0.15, 0.2) is 30.0 Å². The lowest BCUT2D eigenvalue weighted by atomic mass is 9.82. The molecular formula is C16H18O4. The fourth-order valence-corrected chi connectivity index (χ4v) is 3.08. The minimum atomic E-state index is -0.773. The van der Waals surface area contributed by atoms with Gasteiger partial charge in [0.15, 0.2) is 11.4 Å². The summed E-state index contributed by atoms with van der Waals surface area (Å²) >= 11 is 0. The van der Waals surface area contributed by atoms with Crippen molar-refractivity contribution >= 4 is 11.5 Å². The van der Waals surface area contributed by atoms with E-state index >= 15 is 0 Å². The highest BCUT2D eigenvalue weighted by Gasteiger charge is 2.48. The predicted octanol–water partition coefficient (Wildman–Crippen LogP) is 3.22. The summed E-state index contributed by atoms with van der Waals surface area (Å²) in [7, 11) is 1.59. The van der Waals surface area contributed by atoms with E-state index in [1.165, 1.54) is 0 Å². The van der Waals surface area contributed by atoms with Gasteiger partial charge in [-0.25, -0.2) is 4.79 Å². The van der Waals surface area contributed by atoms with Crippen LogP contribution in [0, 0.1) is 0 Å². The quantitative estimate of drug-likeness (QED) is 0.841. The third-order valence-electron chi connectivity index (χ3n) is 4.20. The van der Waals surface area contributed by atoms with Gasteiger partial charge in [-0.2, -0.15) is 0 Å². The normalized spacial score (nSPS) is 21.1. The zero-order valence-corrected chi connectivity index (χ0v) is 11.5. The van der Waals surface area contributed by atoms with Gasteiger partial charge in [0.05, 0.1) is 7.11 Å². The Bertz CT molecular complexity index is 550. The molecule has 2 aliphatic rings. The molecule has 0 aromatic heterocycles. The summed E-state index contributed by atoms with van der Waals surface area (Å²) in [5.74, 6) is 0.398. The Morgan fingerprint density at radius 3 is 2.40 bits per heavy atom. The third kappa shape index (κ3) is 1.96. The Balaban J connectivity index is 1.99. The fourth-order valence-electron chi connectivity index (χ4n) is 3.08. The van der Waals surface area contributed by atoms with Crippen LogP contribution >= 0.6 is 0 Å². The second-order valence-corrected chi connectivity index (χ2v) is 5.40. The Morgan fingerprint density at radius 1 is 1.15 bits per heavy atom. The van der Waals surface area contributed by atoms with Crippen LogP contribution < -0.4 is 4.74 Å². The van der Waals surface area contributed by atoms with Crippen LogP contribution in [-0.4, -0.2) is 23.8 Å². The number of carbonyl (C=O) groups is 1. The molecule has 1 aromatic carbocycles. The Kier molecular flexibility index (Phi) is 3.16. The Hall–Kier alpha value is -1.97. The molecule has 1 aromatic rings. The van der Waals surface area contributed by atoms with Crippen LogP contribution in [0.3, 0.4) is 0 Å². The van der Waals surface area contributed by atoms with Crippen molar-refractivity contribution in [2.45, 2.75) is 37.7 Å². The van der Waals surface area contributed by atoms with Crippen LogP contribution in [0.2, 0.25) is 0 Å². The van der Waals surface area contributed by atoms with E-state index in [9.17, 15) is 9.90 Å². The van der Waals surface area contributed by atoms with E-state index in [0.29, 0.717) is 29.7 Å². The van der Waals surface area contributed by atoms with Crippen molar-refractivity contribution in [3.63, 3.8) is 0 Å². The highest BCUT2D eigenvalue weighted by molar-refractivity contribution is 6.19. The molecule has 1 aliphatic carbocycles. The first-order chi connectivity index (χ1) is 9.66. The van der Waals surface area contributed by atoms with E-state index in [1.54, 1.807) is 31.4 Å². The lowest BCUT2D eigenvalue weighted by Crippen LogP contribution is -2.34. The van der Waals surface area contributed by atoms with Crippen molar-refractivity contribution < 1.29 is 19.4 Å². The van der Waals surface area contributed by atoms with Crippen LogP contribution in [0.5, 0.6) is 5.75 Å². The molecule has 4 heteroatoms. The lowest BCUT2D eigenvalue weighted by Gasteiger charge is -2.31. The Morgan fingerprint density at radius 2 is 1.80 bits per heavy atom. The number of aliphatic hydroxyl groups excluding tert-OH is 1. The molecule has 0 saturated heterocycles. The first kappa shape index (κ1) is 13.0. The van der Waals surface area contributed by atoms with Gasteiger partial charge >= 0.3 is 5.97 Å². The molecule has 1 heterocycles. The van der Waals surface area contributed by atoms with Crippen molar-refractivity contribution in [2.24, 2.45) is 0 Å². The zero-order chi connectivity index (χ0) is 14.2. The van der Waals surface area contributed by atoms with E-state index in [0.717, 1.165) is 19.3 Å². The number of hydrogen-bond donors (Lipinski definition) is 1. The molecule has 20 heavy (non-hydrogen) atoms. The number of hydrogen-bond acceptors (Lipinski definition) is 4. The molecular weight excluding hydrogens is 256 g/mol. The first-order valence-corrected chi connectivity index (χ1v) is 6.98. The molecule has 0 amide bonds. The van der Waals surface area contributed by atoms with Gasteiger partial charge in [0.1, 0.15) is 11.3 Å². The smallest absolute Gasteiger partial charge is 0.343 e. The largest absolute Gasteiger partial charge is 0.507 e. The van der Waals surface area contributed by atoms with Gasteiger partial charge in [-0.05, 0) is 43.4 Å². The van der Waals surface area contributed by atoms with Gasteiger partial charge in [-0.15, -0.1) is 0 Å². The summed E-state index contributed by atoms with van der Waals surface area (Å²) in [4.78, 5) is 12.1. The van der Waals surface area contributed by atoms with Gasteiger partial charge in [-0.1, -0.05) is 18.6 Å². The maximum Gasteiger partial charge on any atom is 0.343 e. The zero-order valence-electron chi connectivity index (χ0n) is 11.5. The van der Waals surface area contributed by atoms with Crippen molar-refractivity contribution in [3.8, 4) is 5.75 Å². The number of benzene rings is 1. The summed E-state index contributed by atoms with van der Waals surface area (Å²) in [6.45, 7) is 0. The third-order valence-corrected chi connectivity index (χ3v) is 4.20. The first-order valence-electron chi connectivity index (χ1n) is 6.98. The molecule has 106 valence electrons. The van der Waals surface area contributed by atoms with Crippen LogP contribution in [0.1, 0.15) is 37.7 Å². The Labute approximate surface area is 118 Å². The summed E-state index contributed by atoms with van der Waals surface area (Å²) in [5, 5.41) is 10.5. The average Bonchev–Trinajstić information content (AvgIpc) is 2.71. The molecule has 1 aliphatic heterocycles. The monoisotopic (exact) mass is 274 g/mol. The van der Waals surface area contributed by atoms with Gasteiger partial charge < -0.3 is 14.6 Å². The SMILES string of the molecule is COc1ccc(C2=C(O)C3(CCCCC3)OC2=O)cc1. The number of carbonyl (C=O) groups excluding carboxylic acids is 1. The van der Waals surface area contributed by atoms with Crippen LogP contribution in [0.4, 0.5) is 0 Å². The van der Waals surface area contributed by atoms with Gasteiger partial charge in [0.25, 0.3) is 0 Å². The molecule has 3 rings (SSSR count). The minimum absolute atomic E-state index is 0.104. The molecule has 4 nitrogen and oxygen atoms in total. The summed E-state index contributed by atoms with van der Waals surface area (Å²) in [6.07, 6.45) is 4.51. The van der Waals surface area contributed by atoms with Gasteiger partial charge in [-0.3, -0.25) is 0 Å². The van der Waals surface area contributed by atoms with Crippen LogP contribution in [-0.2, 0) is 9.53 Å². The maximum absolute atomic E-state index is 12.1. The van der Waals surface area contributed by atoms with E-state index in [4.69, 9.17) is 9.47 Å². The van der Waals surface area contributed by atoms with E-state index in [-0.39, 0.29) is 5.76 Å². The van der Waals surface area contributed by atoms with Crippen molar-refractivity contribution in [3.05, 3.63) is 35.6 Å². The van der Waals surface area contributed by atoms with E-state index < -0.39 is 11.6 Å². The molecule has 1 N–H and O–H groups in total. The van der Waals surface area contributed by atoms with Crippen molar-refractivity contribution in [1.29, 1.82) is 0 Å². The average molecular weight is 274 g/mol. The molecule has 1 fully saturated rings. The van der Waals surface area contributed by atoms with Gasteiger partial charge in [0, 0.05) is 0 Å². The van der Waals surface area contributed by atoms with Crippen LogP contribution in [0.25, 0.3) is 5.57 Å². The van der Waals surface area contributed by atoms with Crippen molar-refractivity contribution in [1.82, 2.24) is 0 Å². The number of ether oxygens (including phenoxy) is 2. The number of esters is 1. The number of rotatable bonds is 2. The topological polar surface area (TPSA) is 55.8 Å². The predicted molar refractivity (Wildman–Crippen MR) is 74.5 cm³/mol. The summed E-state index contributed by atoms with van der Waals surface area (Å²) in [5.41, 5.74) is 0.204. The molecule has 0 unspecified atom stereocenters. The standard InChI is InChI=1S/C16H18O4/c1-19-12-7-5-11(6-8-12)13-14(17)16(20-15(13)18)9-3-2-4-10-16/h5-8,17H,2-4,9-10H2,1H3. The van der Waals surface area contributed by atoms with E-state index in [1.807, 2.05) is 0 Å². The van der Waals surface area contributed by atoms with E-state index in [2.05, 4.69) is 0 Å². The van der Waals surface area contributed by atoms with Crippen molar-refractivity contribution in [2.75, 3.05) is 7.11 Å². The molecule has 1 spiro atoms. The fraction of sp³-hybridized carbons (Fsp3) is 0.438. The second kappa shape index (κ2) is 4.85. The second-order valence-electron chi connectivity index (χ2n) is 5.40. The summed E-state index contributed by atoms with van der Waals surface area (Å²) < 4.78 is 10.6. The molecule has 0 radical (unpaired) electrons. The molecule has 0 bridgehead atoms. The molecule has 0 atom stereocenters. The summed E-state index contributed by atoms with van der Waals surface area (Å²) in [6, 6.07) is 7.09. The molecule has 1 saturated carbocycles. The number of methoxy groups -OCH3 is 1. The highest BCUT2D eigenvalue weighted by Crippen LogP contribution is 2.45. The highest BCUT2D eigenvalue weighted by atomic mass is 16.6. The lowest BCUT2D eigenvalue weighted by molar-refractivity contribution is -0.149.